The third-order valence-corrected chi connectivity index (χ3v) is 5.12. The van der Waals surface area contributed by atoms with Crippen LogP contribution in [-0.2, 0) is 13.0 Å². The number of nitrogens with one attached hydrogen (secondary N) is 2. The van der Waals surface area contributed by atoms with E-state index < -0.39 is 0 Å². The lowest BCUT2D eigenvalue weighted by molar-refractivity contribution is 0.743. The van der Waals surface area contributed by atoms with Gasteiger partial charge in [-0.05, 0) is 43.4 Å². The SMILES string of the molecule is CCNC(=NCc1nc(C(C)C)cs1)NCCCc1ccc(N(C)C)cc1.I. The van der Waals surface area contributed by atoms with Crippen LogP contribution in [-0.4, -0.2) is 38.1 Å². The summed E-state index contributed by atoms with van der Waals surface area (Å²) in [7, 11) is 4.13. The summed E-state index contributed by atoms with van der Waals surface area (Å²) >= 11 is 1.69. The van der Waals surface area contributed by atoms with Crippen LogP contribution in [0.15, 0.2) is 34.6 Å². The predicted molar refractivity (Wildman–Crippen MR) is 134 cm³/mol. The molecule has 1 aromatic carbocycles. The topological polar surface area (TPSA) is 52.6 Å². The summed E-state index contributed by atoms with van der Waals surface area (Å²) in [5.41, 5.74) is 3.76. The van der Waals surface area contributed by atoms with Crippen LogP contribution in [0, 0.1) is 0 Å². The molecule has 5 nitrogen and oxygen atoms in total. The monoisotopic (exact) mass is 515 g/mol. The van der Waals surface area contributed by atoms with Crippen LogP contribution in [0.25, 0.3) is 0 Å². The smallest absolute Gasteiger partial charge is 0.191 e. The number of rotatable bonds is 9. The van der Waals surface area contributed by atoms with Crippen molar-refractivity contribution in [2.24, 2.45) is 4.99 Å². The summed E-state index contributed by atoms with van der Waals surface area (Å²) in [5, 5.41) is 9.94. The molecule has 0 unspecified atom stereocenters. The van der Waals surface area contributed by atoms with Gasteiger partial charge in [0.2, 0.25) is 0 Å². The molecule has 7 heteroatoms. The number of benzene rings is 1. The highest BCUT2D eigenvalue weighted by Gasteiger charge is 2.05. The van der Waals surface area contributed by atoms with E-state index in [0.717, 1.165) is 42.6 Å². The molecule has 0 spiro atoms. The molecule has 0 aliphatic heterocycles. The lowest BCUT2D eigenvalue weighted by atomic mass is 10.1. The van der Waals surface area contributed by atoms with E-state index in [2.05, 4.69) is 90.0 Å². The molecule has 0 radical (unpaired) electrons. The van der Waals surface area contributed by atoms with Crippen molar-refractivity contribution in [3.05, 3.63) is 45.9 Å². The number of anilines is 1. The molecule has 0 saturated carbocycles. The highest BCUT2D eigenvalue weighted by molar-refractivity contribution is 14.0. The Morgan fingerprint density at radius 1 is 1.18 bits per heavy atom. The van der Waals surface area contributed by atoms with E-state index in [9.17, 15) is 0 Å². The van der Waals surface area contributed by atoms with Gasteiger partial charge in [0.1, 0.15) is 5.01 Å². The van der Waals surface area contributed by atoms with E-state index in [1.54, 1.807) is 11.3 Å². The first-order valence-electron chi connectivity index (χ1n) is 9.72. The van der Waals surface area contributed by atoms with Crippen LogP contribution in [0.2, 0.25) is 0 Å². The molecule has 0 fully saturated rings. The van der Waals surface area contributed by atoms with Crippen molar-refractivity contribution >= 4 is 47.0 Å². The molecule has 0 atom stereocenters. The number of hydrogen-bond acceptors (Lipinski definition) is 4. The number of nitrogens with zero attached hydrogens (tertiary/aromatic N) is 3. The van der Waals surface area contributed by atoms with Crippen LogP contribution in [0.5, 0.6) is 0 Å². The van der Waals surface area contributed by atoms with Gasteiger partial charge in [-0.25, -0.2) is 9.98 Å². The Bertz CT molecular complexity index is 710. The minimum absolute atomic E-state index is 0. The van der Waals surface area contributed by atoms with Gasteiger partial charge in [-0.3, -0.25) is 0 Å². The van der Waals surface area contributed by atoms with Gasteiger partial charge in [0, 0.05) is 38.3 Å². The Morgan fingerprint density at radius 3 is 2.46 bits per heavy atom. The lowest BCUT2D eigenvalue weighted by Crippen LogP contribution is -2.37. The van der Waals surface area contributed by atoms with Crippen LogP contribution < -0.4 is 15.5 Å². The van der Waals surface area contributed by atoms with E-state index in [4.69, 9.17) is 0 Å². The van der Waals surface area contributed by atoms with Gasteiger partial charge in [-0.2, -0.15) is 0 Å². The second-order valence-electron chi connectivity index (χ2n) is 7.11. The molecular weight excluding hydrogens is 481 g/mol. The Labute approximate surface area is 191 Å². The lowest BCUT2D eigenvalue weighted by Gasteiger charge is -2.13. The summed E-state index contributed by atoms with van der Waals surface area (Å²) in [6, 6.07) is 8.77. The molecule has 28 heavy (non-hydrogen) atoms. The van der Waals surface area contributed by atoms with Crippen molar-refractivity contribution in [3.63, 3.8) is 0 Å². The summed E-state index contributed by atoms with van der Waals surface area (Å²) in [6.07, 6.45) is 2.13. The minimum atomic E-state index is 0. The molecule has 1 heterocycles. The van der Waals surface area contributed by atoms with Gasteiger partial charge in [-0.15, -0.1) is 35.3 Å². The molecule has 156 valence electrons. The van der Waals surface area contributed by atoms with Gasteiger partial charge in [0.05, 0.1) is 12.2 Å². The number of halogens is 1. The maximum absolute atomic E-state index is 4.67. The zero-order chi connectivity index (χ0) is 19.6. The van der Waals surface area contributed by atoms with Gasteiger partial charge < -0.3 is 15.5 Å². The van der Waals surface area contributed by atoms with Crippen molar-refractivity contribution < 1.29 is 0 Å². The summed E-state index contributed by atoms with van der Waals surface area (Å²) < 4.78 is 0. The molecule has 0 amide bonds. The van der Waals surface area contributed by atoms with Gasteiger partial charge in [0.25, 0.3) is 0 Å². The molecule has 2 rings (SSSR count). The van der Waals surface area contributed by atoms with Crippen molar-refractivity contribution in [1.29, 1.82) is 0 Å². The molecule has 0 aliphatic rings. The molecule has 2 N–H and O–H groups in total. The fraction of sp³-hybridized carbons (Fsp3) is 0.524. The number of hydrogen-bond donors (Lipinski definition) is 2. The van der Waals surface area contributed by atoms with Crippen molar-refractivity contribution in [2.45, 2.75) is 46.1 Å². The van der Waals surface area contributed by atoms with Gasteiger partial charge in [-0.1, -0.05) is 26.0 Å². The summed E-state index contributed by atoms with van der Waals surface area (Å²) in [4.78, 5) is 11.4. The Balaban J connectivity index is 0.00000392. The van der Waals surface area contributed by atoms with Gasteiger partial charge >= 0.3 is 0 Å². The summed E-state index contributed by atoms with van der Waals surface area (Å²) in [5.74, 6) is 1.33. The second-order valence-corrected chi connectivity index (χ2v) is 8.05. The number of thiazole rings is 1. The minimum Gasteiger partial charge on any atom is -0.378 e. The van der Waals surface area contributed by atoms with Crippen molar-refractivity contribution in [1.82, 2.24) is 15.6 Å². The molecule has 0 bridgehead atoms. The quantitative estimate of drug-likeness (QED) is 0.221. The predicted octanol–water partition coefficient (Wildman–Crippen LogP) is 4.64. The van der Waals surface area contributed by atoms with E-state index >= 15 is 0 Å². The first kappa shape index (κ1) is 24.7. The first-order chi connectivity index (χ1) is 13.0. The van der Waals surface area contributed by atoms with E-state index in [1.807, 2.05) is 0 Å². The number of guanidine groups is 1. The van der Waals surface area contributed by atoms with E-state index in [1.165, 1.54) is 11.3 Å². The summed E-state index contributed by atoms with van der Waals surface area (Å²) in [6.45, 7) is 8.80. The van der Waals surface area contributed by atoms with Crippen LogP contribution in [0.1, 0.15) is 49.4 Å². The van der Waals surface area contributed by atoms with Crippen LogP contribution in [0.3, 0.4) is 0 Å². The highest BCUT2D eigenvalue weighted by atomic mass is 127. The first-order valence-corrected chi connectivity index (χ1v) is 10.6. The highest BCUT2D eigenvalue weighted by Crippen LogP contribution is 2.18. The number of aliphatic imine (C=N–C) groups is 1. The van der Waals surface area contributed by atoms with Crippen LogP contribution in [0.4, 0.5) is 5.69 Å². The average molecular weight is 516 g/mol. The third-order valence-electron chi connectivity index (χ3n) is 4.27. The average Bonchev–Trinajstić information content (AvgIpc) is 3.13. The maximum atomic E-state index is 4.67. The van der Waals surface area contributed by atoms with Crippen LogP contribution >= 0.6 is 35.3 Å². The van der Waals surface area contributed by atoms with E-state index in [-0.39, 0.29) is 24.0 Å². The Kier molecular flexibility index (Phi) is 11.4. The number of aromatic nitrogens is 1. The molecule has 2 aromatic rings. The largest absolute Gasteiger partial charge is 0.378 e. The number of aryl methyl sites for hydroxylation is 1. The zero-order valence-corrected chi connectivity index (χ0v) is 20.8. The maximum Gasteiger partial charge on any atom is 0.191 e. The molecule has 1 aromatic heterocycles. The second kappa shape index (κ2) is 13.0. The Hall–Kier alpha value is -1.35. The molecular formula is C21H34IN5S. The van der Waals surface area contributed by atoms with Crippen molar-refractivity contribution in [3.8, 4) is 0 Å². The zero-order valence-electron chi connectivity index (χ0n) is 17.7. The fourth-order valence-electron chi connectivity index (χ4n) is 2.61. The van der Waals surface area contributed by atoms with Gasteiger partial charge in [0.15, 0.2) is 5.96 Å². The standard InChI is InChI=1S/C21H33N5S.HI/c1-6-22-21(24-14-20-25-19(15-27-20)16(2)3)23-13-7-8-17-9-11-18(12-10-17)26(4)5;/h9-12,15-16H,6-8,13-14H2,1-5H3,(H2,22,23,24);1H. The molecule has 0 aliphatic carbocycles. The fourth-order valence-corrected chi connectivity index (χ4v) is 3.49. The van der Waals surface area contributed by atoms with E-state index in [0.29, 0.717) is 12.5 Å². The third kappa shape index (κ3) is 8.34. The molecule has 0 saturated heterocycles. The van der Waals surface area contributed by atoms with Crippen molar-refractivity contribution in [2.75, 3.05) is 32.1 Å². The normalized spacial score (nSPS) is 11.3. The Morgan fingerprint density at radius 2 is 1.89 bits per heavy atom.